The molecule has 4 nitrogen and oxygen atoms in total. The van der Waals surface area contributed by atoms with Crippen molar-refractivity contribution in [1.82, 2.24) is 4.98 Å². The minimum absolute atomic E-state index is 0.0261. The number of para-hydroxylation sites is 1. The summed E-state index contributed by atoms with van der Waals surface area (Å²) >= 11 is 3.21. The second-order valence-electron chi connectivity index (χ2n) is 7.34. The van der Waals surface area contributed by atoms with Gasteiger partial charge in [-0.3, -0.25) is 4.79 Å². The molecule has 158 valence electrons. The predicted molar refractivity (Wildman–Crippen MR) is 129 cm³/mol. The number of benzene rings is 2. The number of hydrogen-bond donors (Lipinski definition) is 1. The minimum atomic E-state index is 0.0261. The van der Waals surface area contributed by atoms with Crippen molar-refractivity contribution in [2.45, 2.75) is 39.4 Å². The van der Waals surface area contributed by atoms with E-state index >= 15 is 0 Å². The van der Waals surface area contributed by atoms with Crippen molar-refractivity contribution in [3.05, 3.63) is 64.7 Å². The number of nitrogens with zero attached hydrogens (tertiary/aromatic N) is 1. The third kappa shape index (κ3) is 5.86. The molecule has 0 atom stereocenters. The van der Waals surface area contributed by atoms with Gasteiger partial charge in [0.15, 0.2) is 0 Å². The number of amides is 1. The van der Waals surface area contributed by atoms with Crippen molar-refractivity contribution < 1.29 is 9.53 Å². The van der Waals surface area contributed by atoms with Crippen molar-refractivity contribution in [1.29, 1.82) is 0 Å². The maximum absolute atomic E-state index is 12.5. The Kier molecular flexibility index (Phi) is 7.94. The van der Waals surface area contributed by atoms with Gasteiger partial charge in [-0.25, -0.2) is 4.98 Å². The Balaban J connectivity index is 1.53. The van der Waals surface area contributed by atoms with E-state index < -0.39 is 0 Å². The van der Waals surface area contributed by atoms with Gasteiger partial charge in [-0.1, -0.05) is 32.0 Å². The first kappa shape index (κ1) is 22.4. The Morgan fingerprint density at radius 1 is 1.20 bits per heavy atom. The Morgan fingerprint density at radius 3 is 2.67 bits per heavy atom. The second-order valence-corrected chi connectivity index (χ2v) is 9.18. The summed E-state index contributed by atoms with van der Waals surface area (Å²) in [5, 5.41) is 6.15. The normalized spacial score (nSPS) is 11.0. The molecule has 1 aromatic heterocycles. The Bertz CT molecular complexity index is 981. The van der Waals surface area contributed by atoms with Gasteiger partial charge in [0.25, 0.3) is 0 Å². The van der Waals surface area contributed by atoms with Crippen LogP contribution in [0.4, 0.5) is 5.69 Å². The zero-order valence-electron chi connectivity index (χ0n) is 17.9. The standard InChI is InChI=1S/C24H28N2O2S2/c1-5-28-20-11-9-18(10-12-20)24-25-19(14-30-24)13-29-15-22(27)26-23-17(4)7-6-8-21(23)16(2)3/h6-12,14,16H,5,13,15H2,1-4H3,(H,26,27). The number of rotatable bonds is 9. The number of anilines is 1. The highest BCUT2D eigenvalue weighted by Crippen LogP contribution is 2.29. The molecule has 1 N–H and O–H groups in total. The van der Waals surface area contributed by atoms with E-state index in [1.807, 2.05) is 50.2 Å². The first-order valence-electron chi connectivity index (χ1n) is 10.1. The molecule has 30 heavy (non-hydrogen) atoms. The van der Waals surface area contributed by atoms with Gasteiger partial charge in [0.2, 0.25) is 5.91 Å². The quantitative estimate of drug-likeness (QED) is 0.412. The van der Waals surface area contributed by atoms with E-state index in [9.17, 15) is 4.79 Å². The number of hydrogen-bond acceptors (Lipinski definition) is 5. The number of aromatic nitrogens is 1. The maximum Gasteiger partial charge on any atom is 0.234 e. The molecular weight excluding hydrogens is 412 g/mol. The van der Waals surface area contributed by atoms with Crippen LogP contribution in [-0.2, 0) is 10.5 Å². The van der Waals surface area contributed by atoms with E-state index in [-0.39, 0.29) is 5.91 Å². The molecule has 1 heterocycles. The molecule has 1 amide bonds. The zero-order chi connectivity index (χ0) is 21.5. The Morgan fingerprint density at radius 2 is 1.97 bits per heavy atom. The lowest BCUT2D eigenvalue weighted by molar-refractivity contribution is -0.113. The molecule has 0 aliphatic rings. The lowest BCUT2D eigenvalue weighted by Crippen LogP contribution is -2.16. The van der Waals surface area contributed by atoms with Crippen molar-refractivity contribution in [3.8, 4) is 16.3 Å². The first-order chi connectivity index (χ1) is 14.5. The van der Waals surface area contributed by atoms with Gasteiger partial charge < -0.3 is 10.1 Å². The number of nitrogens with one attached hydrogen (secondary N) is 1. The van der Waals surface area contributed by atoms with Gasteiger partial charge >= 0.3 is 0 Å². The summed E-state index contributed by atoms with van der Waals surface area (Å²) in [7, 11) is 0. The van der Waals surface area contributed by atoms with Crippen LogP contribution in [0.25, 0.3) is 10.6 Å². The summed E-state index contributed by atoms with van der Waals surface area (Å²) in [6.07, 6.45) is 0. The van der Waals surface area contributed by atoms with Crippen LogP contribution in [0.5, 0.6) is 5.75 Å². The van der Waals surface area contributed by atoms with Gasteiger partial charge in [-0.05, 0) is 55.2 Å². The highest BCUT2D eigenvalue weighted by atomic mass is 32.2. The summed E-state index contributed by atoms with van der Waals surface area (Å²) in [6.45, 7) is 8.95. The fourth-order valence-corrected chi connectivity index (χ4v) is 4.78. The molecule has 0 spiro atoms. The molecule has 0 aliphatic heterocycles. The van der Waals surface area contributed by atoms with Gasteiger partial charge in [0.05, 0.1) is 18.1 Å². The average molecular weight is 441 g/mol. The second kappa shape index (κ2) is 10.6. The van der Waals surface area contributed by atoms with Crippen LogP contribution in [0.2, 0.25) is 0 Å². The smallest absolute Gasteiger partial charge is 0.234 e. The summed E-state index contributed by atoms with van der Waals surface area (Å²) in [6, 6.07) is 14.2. The summed E-state index contributed by atoms with van der Waals surface area (Å²) < 4.78 is 5.49. The van der Waals surface area contributed by atoms with Crippen molar-refractivity contribution >= 4 is 34.7 Å². The summed E-state index contributed by atoms with van der Waals surface area (Å²) in [5.74, 6) is 2.38. The molecule has 0 aliphatic carbocycles. The van der Waals surface area contributed by atoms with E-state index in [4.69, 9.17) is 9.72 Å². The molecule has 6 heteroatoms. The minimum Gasteiger partial charge on any atom is -0.494 e. The molecule has 3 rings (SSSR count). The average Bonchev–Trinajstić information content (AvgIpc) is 3.19. The highest BCUT2D eigenvalue weighted by molar-refractivity contribution is 7.99. The van der Waals surface area contributed by atoms with Gasteiger partial charge in [-0.2, -0.15) is 0 Å². The number of thioether (sulfide) groups is 1. The molecule has 0 unspecified atom stereocenters. The predicted octanol–water partition coefficient (Wildman–Crippen LogP) is 6.51. The molecule has 0 saturated carbocycles. The van der Waals surface area contributed by atoms with Crippen LogP contribution in [0, 0.1) is 6.92 Å². The summed E-state index contributed by atoms with van der Waals surface area (Å²) in [4.78, 5) is 17.2. The Labute approximate surface area is 187 Å². The number of thiazole rings is 1. The van der Waals surface area contributed by atoms with Crippen LogP contribution in [-0.4, -0.2) is 23.3 Å². The molecule has 2 aromatic carbocycles. The monoisotopic (exact) mass is 440 g/mol. The topological polar surface area (TPSA) is 51.2 Å². The van der Waals surface area contributed by atoms with E-state index in [0.717, 1.165) is 33.3 Å². The molecule has 0 bridgehead atoms. The number of carbonyl (C=O) groups is 1. The number of ether oxygens (including phenoxy) is 1. The van der Waals surface area contributed by atoms with E-state index in [0.29, 0.717) is 24.0 Å². The van der Waals surface area contributed by atoms with Gasteiger partial charge in [-0.15, -0.1) is 23.1 Å². The van der Waals surface area contributed by atoms with Crippen molar-refractivity contribution in [2.75, 3.05) is 17.7 Å². The lowest BCUT2D eigenvalue weighted by Gasteiger charge is -2.16. The SMILES string of the molecule is CCOc1ccc(-c2nc(CSCC(=O)Nc3c(C)cccc3C(C)C)cs2)cc1. The molecule has 0 fully saturated rings. The highest BCUT2D eigenvalue weighted by Gasteiger charge is 2.12. The first-order valence-corrected chi connectivity index (χ1v) is 12.2. The van der Waals surface area contributed by atoms with E-state index in [2.05, 4.69) is 30.6 Å². The van der Waals surface area contributed by atoms with Gasteiger partial charge in [0, 0.05) is 22.4 Å². The molecule has 0 saturated heterocycles. The molecular formula is C24H28N2O2S2. The van der Waals surface area contributed by atoms with Crippen LogP contribution < -0.4 is 10.1 Å². The van der Waals surface area contributed by atoms with Gasteiger partial charge in [0.1, 0.15) is 10.8 Å². The Hall–Kier alpha value is -2.31. The third-order valence-corrected chi connectivity index (χ3v) is 6.54. The van der Waals surface area contributed by atoms with Crippen molar-refractivity contribution in [2.24, 2.45) is 0 Å². The fourth-order valence-electron chi connectivity index (χ4n) is 3.13. The van der Waals surface area contributed by atoms with Crippen LogP contribution in [0.1, 0.15) is 43.5 Å². The maximum atomic E-state index is 12.5. The lowest BCUT2D eigenvalue weighted by atomic mass is 9.98. The third-order valence-electron chi connectivity index (χ3n) is 4.64. The van der Waals surface area contributed by atoms with E-state index in [1.54, 1.807) is 23.1 Å². The van der Waals surface area contributed by atoms with Crippen LogP contribution in [0.3, 0.4) is 0 Å². The largest absolute Gasteiger partial charge is 0.494 e. The van der Waals surface area contributed by atoms with Crippen molar-refractivity contribution in [3.63, 3.8) is 0 Å². The molecule has 0 radical (unpaired) electrons. The van der Waals surface area contributed by atoms with E-state index in [1.165, 1.54) is 5.56 Å². The number of aryl methyl sites for hydroxylation is 1. The van der Waals surface area contributed by atoms with Crippen LogP contribution in [0.15, 0.2) is 47.8 Å². The zero-order valence-corrected chi connectivity index (χ0v) is 19.5. The summed E-state index contributed by atoms with van der Waals surface area (Å²) in [5.41, 5.74) is 5.30. The fraction of sp³-hybridized carbons (Fsp3) is 0.333. The molecule has 3 aromatic rings. The number of carbonyl (C=O) groups excluding carboxylic acids is 1. The van der Waals surface area contributed by atoms with Crippen LogP contribution >= 0.6 is 23.1 Å².